The molecule has 3 aromatic rings. The predicted octanol–water partition coefficient (Wildman–Crippen LogP) is 4.90. The third kappa shape index (κ3) is 4.35. The lowest BCUT2D eigenvalue weighted by atomic mass is 10.1. The summed E-state index contributed by atoms with van der Waals surface area (Å²) in [5.74, 6) is -1.18. The Bertz CT molecular complexity index is 1280. The highest BCUT2D eigenvalue weighted by Gasteiger charge is 2.36. The zero-order chi connectivity index (χ0) is 23.0. The van der Waals surface area contributed by atoms with E-state index < -0.39 is 40.1 Å². The number of non-ortho nitro benzene ring substituents is 1. The Morgan fingerprint density at radius 1 is 1.19 bits per heavy atom. The van der Waals surface area contributed by atoms with E-state index in [2.05, 4.69) is 9.98 Å². The number of nitro groups is 1. The SMILES string of the molecule is O=C(O)[C@H]1CSC(c2ccc3cc(Oc4ccc([N+](=O)[O-])cc4C(F)(F)F)ccc3n2)=N1. The number of thioether (sulfide) groups is 1. The Labute approximate surface area is 181 Å². The Morgan fingerprint density at radius 2 is 1.97 bits per heavy atom. The molecule has 0 amide bonds. The van der Waals surface area contributed by atoms with Crippen molar-refractivity contribution in [2.75, 3.05) is 5.75 Å². The third-order valence-corrected chi connectivity index (χ3v) is 5.59. The van der Waals surface area contributed by atoms with E-state index in [1.807, 2.05) is 0 Å². The number of alkyl halides is 3. The number of fused-ring (bicyclic) bond motifs is 1. The Hall–Kier alpha value is -3.67. The number of nitrogens with zero attached hydrogens (tertiary/aromatic N) is 3. The van der Waals surface area contributed by atoms with E-state index in [1.54, 1.807) is 18.2 Å². The molecule has 4 rings (SSSR count). The molecule has 0 radical (unpaired) electrons. The number of carboxylic acid groups (broad SMARTS) is 1. The van der Waals surface area contributed by atoms with Crippen LogP contribution in [0.4, 0.5) is 18.9 Å². The van der Waals surface area contributed by atoms with Crippen LogP contribution in [-0.2, 0) is 11.0 Å². The number of pyridine rings is 1. The lowest BCUT2D eigenvalue weighted by Crippen LogP contribution is -2.17. The fourth-order valence-corrected chi connectivity index (χ4v) is 3.99. The third-order valence-electron chi connectivity index (χ3n) is 4.52. The van der Waals surface area contributed by atoms with Crippen molar-refractivity contribution in [1.82, 2.24) is 4.98 Å². The van der Waals surface area contributed by atoms with Crippen LogP contribution in [0.15, 0.2) is 53.5 Å². The van der Waals surface area contributed by atoms with Gasteiger partial charge in [-0.25, -0.2) is 9.78 Å². The van der Waals surface area contributed by atoms with Crippen LogP contribution in [-0.4, -0.2) is 37.8 Å². The zero-order valence-electron chi connectivity index (χ0n) is 15.9. The topological polar surface area (TPSA) is 115 Å². The summed E-state index contributed by atoms with van der Waals surface area (Å²) in [5.41, 5.74) is -0.950. The molecule has 1 N–H and O–H groups in total. The number of benzene rings is 2. The van der Waals surface area contributed by atoms with E-state index in [4.69, 9.17) is 9.84 Å². The standard InChI is InChI=1S/C20H12F3N3O5S/c21-20(22,23)13-8-11(26(29)30)2-6-17(13)31-12-3-5-14-10(7-12)1-4-15(24-14)18-25-16(9-32-18)19(27)28/h1-8,16H,9H2,(H,27,28)/t16-/m1/s1. The monoisotopic (exact) mass is 463 g/mol. The van der Waals surface area contributed by atoms with Crippen molar-refractivity contribution in [3.05, 3.63) is 69.9 Å². The van der Waals surface area contributed by atoms with Crippen LogP contribution in [0.3, 0.4) is 0 Å². The van der Waals surface area contributed by atoms with Crippen molar-refractivity contribution >= 4 is 39.4 Å². The predicted molar refractivity (Wildman–Crippen MR) is 110 cm³/mol. The van der Waals surface area contributed by atoms with Gasteiger partial charge in [0.1, 0.15) is 22.1 Å². The molecular formula is C20H12F3N3O5S. The number of carboxylic acids is 1. The van der Waals surface area contributed by atoms with Gasteiger partial charge in [-0.15, -0.1) is 11.8 Å². The van der Waals surface area contributed by atoms with Crippen molar-refractivity contribution in [2.45, 2.75) is 12.2 Å². The van der Waals surface area contributed by atoms with Gasteiger partial charge >= 0.3 is 12.1 Å². The van der Waals surface area contributed by atoms with E-state index in [9.17, 15) is 28.1 Å². The summed E-state index contributed by atoms with van der Waals surface area (Å²) in [5, 5.41) is 20.9. The zero-order valence-corrected chi connectivity index (χ0v) is 16.7. The minimum absolute atomic E-state index is 0.0879. The molecular weight excluding hydrogens is 451 g/mol. The van der Waals surface area contributed by atoms with Crippen LogP contribution < -0.4 is 4.74 Å². The maximum atomic E-state index is 13.4. The first kappa shape index (κ1) is 21.6. The number of carbonyl (C=O) groups is 1. The summed E-state index contributed by atoms with van der Waals surface area (Å²) in [6.45, 7) is 0. The van der Waals surface area contributed by atoms with E-state index in [-0.39, 0.29) is 5.75 Å². The molecule has 12 heteroatoms. The fourth-order valence-electron chi connectivity index (χ4n) is 3.00. The maximum Gasteiger partial charge on any atom is 0.420 e. The van der Waals surface area contributed by atoms with Crippen LogP contribution in [0, 0.1) is 10.1 Å². The minimum Gasteiger partial charge on any atom is -0.480 e. The average Bonchev–Trinajstić information content (AvgIpc) is 3.23. The van der Waals surface area contributed by atoms with Gasteiger partial charge in [-0.05, 0) is 30.3 Å². The van der Waals surface area contributed by atoms with Gasteiger partial charge in [0.15, 0.2) is 6.04 Å². The summed E-state index contributed by atoms with van der Waals surface area (Å²) in [4.78, 5) is 29.5. The Balaban J connectivity index is 1.64. The fraction of sp³-hybridized carbons (Fsp3) is 0.150. The van der Waals surface area contributed by atoms with Crippen molar-refractivity contribution in [2.24, 2.45) is 4.99 Å². The highest BCUT2D eigenvalue weighted by Crippen LogP contribution is 2.40. The minimum atomic E-state index is -4.85. The molecule has 0 saturated carbocycles. The summed E-state index contributed by atoms with van der Waals surface area (Å²) in [6.07, 6.45) is -4.85. The van der Waals surface area contributed by atoms with Gasteiger partial charge in [-0.3, -0.25) is 15.1 Å². The summed E-state index contributed by atoms with van der Waals surface area (Å²) in [7, 11) is 0. The lowest BCUT2D eigenvalue weighted by Gasteiger charge is -2.14. The molecule has 32 heavy (non-hydrogen) atoms. The van der Waals surface area contributed by atoms with E-state index in [1.165, 1.54) is 23.9 Å². The summed E-state index contributed by atoms with van der Waals surface area (Å²) >= 11 is 1.28. The molecule has 0 unspecified atom stereocenters. The number of rotatable bonds is 5. The highest BCUT2D eigenvalue weighted by molar-refractivity contribution is 8.14. The Kier molecular flexibility index (Phi) is 5.46. The Morgan fingerprint density at radius 3 is 2.62 bits per heavy atom. The van der Waals surface area contributed by atoms with Crippen LogP contribution >= 0.6 is 11.8 Å². The summed E-state index contributed by atoms with van der Waals surface area (Å²) < 4.78 is 45.5. The number of halogens is 3. The van der Waals surface area contributed by atoms with Crippen LogP contribution in [0.25, 0.3) is 10.9 Å². The van der Waals surface area contributed by atoms with Gasteiger partial charge in [0, 0.05) is 23.3 Å². The number of ether oxygens (including phenoxy) is 1. The van der Waals surface area contributed by atoms with E-state index in [0.717, 1.165) is 12.1 Å². The quantitative estimate of drug-likeness (QED) is 0.423. The number of nitro benzene ring substituents is 1. The van der Waals surface area contributed by atoms with Crippen molar-refractivity contribution < 1.29 is 32.7 Å². The second-order valence-corrected chi connectivity index (χ2v) is 7.70. The summed E-state index contributed by atoms with van der Waals surface area (Å²) in [6, 6.07) is 9.19. The molecule has 2 aromatic carbocycles. The van der Waals surface area contributed by atoms with E-state index in [0.29, 0.717) is 33.5 Å². The molecule has 0 aliphatic carbocycles. The molecule has 0 saturated heterocycles. The molecule has 0 bridgehead atoms. The van der Waals surface area contributed by atoms with Gasteiger partial charge in [0.25, 0.3) is 5.69 Å². The van der Waals surface area contributed by atoms with Gasteiger partial charge in [-0.2, -0.15) is 13.2 Å². The van der Waals surface area contributed by atoms with Crippen molar-refractivity contribution in [3.63, 3.8) is 0 Å². The van der Waals surface area contributed by atoms with Crippen LogP contribution in [0.5, 0.6) is 11.5 Å². The number of aromatic nitrogens is 1. The maximum absolute atomic E-state index is 13.4. The smallest absolute Gasteiger partial charge is 0.420 e. The van der Waals surface area contributed by atoms with Gasteiger partial charge in [-0.1, -0.05) is 6.07 Å². The number of hydrogen-bond acceptors (Lipinski definition) is 7. The molecule has 1 atom stereocenters. The van der Waals surface area contributed by atoms with E-state index >= 15 is 0 Å². The van der Waals surface area contributed by atoms with Crippen LogP contribution in [0.1, 0.15) is 11.3 Å². The highest BCUT2D eigenvalue weighted by atomic mass is 32.2. The molecule has 0 spiro atoms. The molecule has 1 aliphatic rings. The molecule has 164 valence electrons. The number of hydrogen-bond donors (Lipinski definition) is 1. The molecule has 1 aliphatic heterocycles. The normalized spacial score (nSPS) is 16.1. The molecule has 8 nitrogen and oxygen atoms in total. The second kappa shape index (κ2) is 8.11. The molecule has 0 fully saturated rings. The molecule has 1 aromatic heterocycles. The molecule has 2 heterocycles. The number of aliphatic carboxylic acids is 1. The van der Waals surface area contributed by atoms with Crippen LogP contribution in [0.2, 0.25) is 0 Å². The van der Waals surface area contributed by atoms with Gasteiger partial charge in [0.2, 0.25) is 0 Å². The van der Waals surface area contributed by atoms with Crippen molar-refractivity contribution in [3.8, 4) is 11.5 Å². The number of aliphatic imine (C=N–C) groups is 1. The first-order chi connectivity index (χ1) is 15.1. The average molecular weight is 463 g/mol. The second-order valence-electron chi connectivity index (χ2n) is 6.69. The van der Waals surface area contributed by atoms with Gasteiger partial charge < -0.3 is 9.84 Å². The largest absolute Gasteiger partial charge is 0.480 e. The first-order valence-corrected chi connectivity index (χ1v) is 9.98. The van der Waals surface area contributed by atoms with Gasteiger partial charge in [0.05, 0.1) is 16.1 Å². The van der Waals surface area contributed by atoms with Crippen molar-refractivity contribution in [1.29, 1.82) is 0 Å². The lowest BCUT2D eigenvalue weighted by molar-refractivity contribution is -0.385. The first-order valence-electron chi connectivity index (χ1n) is 9.00.